The summed E-state index contributed by atoms with van der Waals surface area (Å²) in [6, 6.07) is 6.06. The maximum atomic E-state index is 12.9. The highest BCUT2D eigenvalue weighted by Gasteiger charge is 2.23. The van der Waals surface area contributed by atoms with Crippen LogP contribution < -0.4 is 5.32 Å². The number of benzene rings is 1. The number of furan rings is 1. The van der Waals surface area contributed by atoms with Crippen LogP contribution in [0.4, 0.5) is 10.5 Å². The predicted molar refractivity (Wildman–Crippen MR) is 130 cm³/mol. The molecule has 0 aliphatic carbocycles. The molecule has 1 aromatic heterocycles. The molecular weight excluding hydrogens is 386 g/mol. The molecule has 1 aliphatic rings. The Morgan fingerprint density at radius 2 is 1.74 bits per heavy atom. The third-order valence-electron chi connectivity index (χ3n) is 6.56. The predicted octanol–water partition coefficient (Wildman–Crippen LogP) is 6.85. The minimum absolute atomic E-state index is 0.00975. The number of urea groups is 1. The van der Waals surface area contributed by atoms with Gasteiger partial charge in [-0.1, -0.05) is 40.0 Å². The Hall–Kier alpha value is -2.01. The summed E-state index contributed by atoms with van der Waals surface area (Å²) in [5.41, 5.74) is 3.07. The Kier molecular flexibility index (Phi) is 9.26. The Bertz CT molecular complexity index is 800. The highest BCUT2D eigenvalue weighted by atomic mass is 16.3. The number of unbranched alkanes of at least 4 members (excludes halogenated alkanes) is 3. The highest BCUT2D eigenvalue weighted by Crippen LogP contribution is 2.35. The number of piperidine rings is 1. The van der Waals surface area contributed by atoms with Crippen molar-refractivity contribution in [3.8, 4) is 0 Å². The highest BCUT2D eigenvalue weighted by molar-refractivity contribution is 5.93. The number of fused-ring (bicyclic) bond motifs is 1. The lowest BCUT2D eigenvalue weighted by Gasteiger charge is -2.31. The van der Waals surface area contributed by atoms with Gasteiger partial charge in [0, 0.05) is 29.7 Å². The van der Waals surface area contributed by atoms with Crippen LogP contribution in [0.1, 0.15) is 83.6 Å². The van der Waals surface area contributed by atoms with Crippen LogP contribution in [-0.2, 0) is 0 Å². The van der Waals surface area contributed by atoms with Crippen LogP contribution in [0.15, 0.2) is 28.9 Å². The molecule has 172 valence electrons. The summed E-state index contributed by atoms with van der Waals surface area (Å²) in [4.78, 5) is 17.4. The molecule has 0 unspecified atom stereocenters. The molecule has 1 aromatic carbocycles. The number of likely N-dealkylation sites (tertiary alicyclic amines) is 1. The van der Waals surface area contributed by atoms with Gasteiger partial charge in [0.2, 0.25) is 0 Å². The fraction of sp³-hybridized carbons (Fsp3) is 0.654. The largest absolute Gasteiger partial charge is 0.464 e. The van der Waals surface area contributed by atoms with Gasteiger partial charge in [0.15, 0.2) is 0 Å². The van der Waals surface area contributed by atoms with E-state index in [1.165, 1.54) is 37.8 Å². The summed E-state index contributed by atoms with van der Waals surface area (Å²) < 4.78 is 5.87. The molecule has 0 radical (unpaired) electrons. The number of hydrogen-bond donors (Lipinski definition) is 1. The second-order valence-corrected chi connectivity index (χ2v) is 9.00. The van der Waals surface area contributed by atoms with Gasteiger partial charge in [-0.05, 0) is 75.9 Å². The van der Waals surface area contributed by atoms with Crippen molar-refractivity contribution in [2.24, 2.45) is 0 Å². The second-order valence-electron chi connectivity index (χ2n) is 9.00. The van der Waals surface area contributed by atoms with Crippen LogP contribution in [0.3, 0.4) is 0 Å². The van der Waals surface area contributed by atoms with Crippen LogP contribution in [0.5, 0.6) is 0 Å². The molecule has 31 heavy (non-hydrogen) atoms. The Balaban J connectivity index is 1.67. The van der Waals surface area contributed by atoms with E-state index < -0.39 is 0 Å². The van der Waals surface area contributed by atoms with Gasteiger partial charge in [-0.25, -0.2) is 4.79 Å². The van der Waals surface area contributed by atoms with Crippen molar-refractivity contribution >= 4 is 22.7 Å². The van der Waals surface area contributed by atoms with E-state index >= 15 is 0 Å². The lowest BCUT2D eigenvalue weighted by molar-refractivity contribution is 0.210. The molecule has 1 aliphatic heterocycles. The number of rotatable bonds is 11. The van der Waals surface area contributed by atoms with Gasteiger partial charge in [-0.15, -0.1) is 0 Å². The maximum Gasteiger partial charge on any atom is 0.321 e. The minimum Gasteiger partial charge on any atom is -0.464 e. The minimum atomic E-state index is 0.00975. The monoisotopic (exact) mass is 427 g/mol. The molecule has 1 fully saturated rings. The normalized spacial score (nSPS) is 15.5. The number of nitrogens with zero attached hydrogens (tertiary/aromatic N) is 2. The fourth-order valence-corrected chi connectivity index (χ4v) is 4.51. The van der Waals surface area contributed by atoms with Gasteiger partial charge in [-0.2, -0.15) is 0 Å². The van der Waals surface area contributed by atoms with E-state index in [1.807, 2.05) is 23.3 Å². The van der Waals surface area contributed by atoms with E-state index in [1.54, 1.807) is 0 Å². The summed E-state index contributed by atoms with van der Waals surface area (Å²) in [5, 5.41) is 4.29. The van der Waals surface area contributed by atoms with Crippen molar-refractivity contribution in [3.63, 3.8) is 0 Å². The molecule has 1 N–H and O–H groups in total. The van der Waals surface area contributed by atoms with Crippen molar-refractivity contribution in [1.82, 2.24) is 9.80 Å². The third-order valence-corrected chi connectivity index (χ3v) is 6.56. The van der Waals surface area contributed by atoms with Crippen LogP contribution in [0.25, 0.3) is 11.0 Å². The lowest BCUT2D eigenvalue weighted by Crippen LogP contribution is -2.36. The van der Waals surface area contributed by atoms with Crippen LogP contribution in [0.2, 0.25) is 0 Å². The zero-order valence-electron chi connectivity index (χ0n) is 19.8. The molecule has 1 saturated heterocycles. The average Bonchev–Trinajstić information content (AvgIpc) is 3.21. The zero-order chi connectivity index (χ0) is 22.1. The first kappa shape index (κ1) is 23.6. The van der Waals surface area contributed by atoms with E-state index in [0.717, 1.165) is 68.5 Å². The number of amides is 2. The fourth-order valence-electron chi connectivity index (χ4n) is 4.51. The number of hydrogen-bond acceptors (Lipinski definition) is 3. The van der Waals surface area contributed by atoms with Gasteiger partial charge in [0.05, 0.1) is 6.26 Å². The van der Waals surface area contributed by atoms with Crippen LogP contribution in [-0.4, -0.2) is 48.6 Å². The number of anilines is 1. The first-order valence-corrected chi connectivity index (χ1v) is 12.5. The van der Waals surface area contributed by atoms with Crippen LogP contribution in [0, 0.1) is 0 Å². The Labute approximate surface area is 188 Å². The van der Waals surface area contributed by atoms with Crippen LogP contribution >= 0.6 is 0 Å². The topological polar surface area (TPSA) is 48.7 Å². The molecule has 2 aromatic rings. The van der Waals surface area contributed by atoms with Crippen molar-refractivity contribution in [2.75, 3.05) is 38.0 Å². The third kappa shape index (κ3) is 6.49. The summed E-state index contributed by atoms with van der Waals surface area (Å²) >= 11 is 0. The van der Waals surface area contributed by atoms with E-state index in [0.29, 0.717) is 5.92 Å². The van der Waals surface area contributed by atoms with Gasteiger partial charge < -0.3 is 19.5 Å². The first-order chi connectivity index (χ1) is 15.2. The maximum absolute atomic E-state index is 12.9. The summed E-state index contributed by atoms with van der Waals surface area (Å²) in [5.74, 6) is 0.538. The molecule has 2 amide bonds. The number of carbonyl (C=O) groups is 1. The molecular formula is C26H41N3O2. The molecule has 2 heterocycles. The van der Waals surface area contributed by atoms with Crippen molar-refractivity contribution in [2.45, 2.75) is 78.1 Å². The number of carbonyl (C=O) groups excluding carboxylic acids is 1. The Morgan fingerprint density at radius 3 is 2.39 bits per heavy atom. The quantitative estimate of drug-likeness (QED) is 0.427. The van der Waals surface area contributed by atoms with E-state index in [9.17, 15) is 4.79 Å². The van der Waals surface area contributed by atoms with E-state index in [-0.39, 0.29) is 6.03 Å². The van der Waals surface area contributed by atoms with Crippen molar-refractivity contribution in [1.29, 1.82) is 0 Å². The number of nitrogens with one attached hydrogen (secondary N) is 1. The SMILES string of the molecule is CCCCN1CCC(c2coc3ccc(NC(=O)N(CCCC)CCCC)cc23)CC1. The average molecular weight is 428 g/mol. The van der Waals surface area contributed by atoms with Gasteiger partial charge in [0.1, 0.15) is 5.58 Å². The summed E-state index contributed by atoms with van der Waals surface area (Å²) in [7, 11) is 0. The first-order valence-electron chi connectivity index (χ1n) is 12.5. The molecule has 5 nitrogen and oxygen atoms in total. The van der Waals surface area contributed by atoms with E-state index in [2.05, 4.69) is 37.1 Å². The summed E-state index contributed by atoms with van der Waals surface area (Å²) in [6.07, 6.45) is 11.1. The molecule has 3 rings (SSSR count). The van der Waals surface area contributed by atoms with Gasteiger partial charge in [-0.3, -0.25) is 0 Å². The zero-order valence-corrected chi connectivity index (χ0v) is 19.8. The van der Waals surface area contributed by atoms with E-state index in [4.69, 9.17) is 4.42 Å². The molecule has 0 spiro atoms. The van der Waals surface area contributed by atoms with Gasteiger partial charge in [0.25, 0.3) is 0 Å². The summed E-state index contributed by atoms with van der Waals surface area (Å²) in [6.45, 7) is 11.8. The smallest absolute Gasteiger partial charge is 0.321 e. The van der Waals surface area contributed by atoms with Crippen molar-refractivity contribution in [3.05, 3.63) is 30.0 Å². The Morgan fingerprint density at radius 1 is 1.06 bits per heavy atom. The molecule has 0 saturated carbocycles. The van der Waals surface area contributed by atoms with Crippen molar-refractivity contribution < 1.29 is 9.21 Å². The lowest BCUT2D eigenvalue weighted by atomic mass is 9.89. The molecule has 5 heteroatoms. The standard InChI is InChI=1S/C26H41N3O2/c1-4-7-14-28-17-12-21(13-18-28)24-20-31-25-11-10-22(19-23(24)25)27-26(30)29(15-8-5-2)16-9-6-3/h10-11,19-21H,4-9,12-18H2,1-3H3,(H,27,30). The molecule has 0 atom stereocenters. The van der Waals surface area contributed by atoms with Gasteiger partial charge >= 0.3 is 6.03 Å². The molecule has 0 bridgehead atoms. The second kappa shape index (κ2) is 12.1.